The molecule has 1 saturated heterocycles. The van der Waals surface area contributed by atoms with Gasteiger partial charge < -0.3 is 0 Å². The number of amides is 1. The first-order chi connectivity index (χ1) is 13.6. The number of hydrazine groups is 1. The van der Waals surface area contributed by atoms with Crippen LogP contribution in [0.1, 0.15) is 70.0 Å². The predicted molar refractivity (Wildman–Crippen MR) is 109 cm³/mol. The minimum atomic E-state index is -4.51. The van der Waals surface area contributed by atoms with Gasteiger partial charge in [0.05, 0.1) is 0 Å². The number of nitrogens with zero attached hydrogens (tertiary/aromatic N) is 1. The van der Waals surface area contributed by atoms with Gasteiger partial charge in [0.25, 0.3) is 0 Å². The van der Waals surface area contributed by atoms with Crippen LogP contribution in [0.2, 0.25) is 0 Å². The van der Waals surface area contributed by atoms with E-state index in [2.05, 4.69) is 18.4 Å². The van der Waals surface area contributed by atoms with Gasteiger partial charge in [-0.1, -0.05) is 56.5 Å². The van der Waals surface area contributed by atoms with E-state index in [1.165, 1.54) is 30.9 Å². The minimum Gasteiger partial charge on any atom is -0.287 e. The van der Waals surface area contributed by atoms with Crippen molar-refractivity contribution in [3.8, 4) is 0 Å². The first-order valence-corrected chi connectivity index (χ1v) is 10.3. The number of hydrogen-bond donors (Lipinski definition) is 1. The molecule has 1 fully saturated rings. The maximum Gasteiger partial charge on any atom is 0.409 e. The number of rotatable bonds is 7. The summed E-state index contributed by atoms with van der Waals surface area (Å²) < 4.78 is 42.0. The summed E-state index contributed by atoms with van der Waals surface area (Å²) in [5.74, 6) is -0.391. The smallest absolute Gasteiger partial charge is 0.287 e. The molecule has 1 N–H and O–H groups in total. The second-order valence-electron chi connectivity index (χ2n) is 8.59. The Hall–Kier alpha value is -2.08. The Kier molecular flexibility index (Phi) is 6.22. The van der Waals surface area contributed by atoms with Crippen molar-refractivity contribution in [2.45, 2.75) is 77.1 Å². The van der Waals surface area contributed by atoms with Crippen LogP contribution in [0.5, 0.6) is 0 Å². The average Bonchev–Trinajstić information content (AvgIpc) is 2.89. The quantitative estimate of drug-likeness (QED) is 0.565. The largest absolute Gasteiger partial charge is 0.409 e. The topological polar surface area (TPSA) is 32.3 Å². The lowest BCUT2D eigenvalue weighted by Gasteiger charge is -2.38. The molecule has 158 valence electrons. The maximum atomic E-state index is 14.0. The van der Waals surface area contributed by atoms with Gasteiger partial charge in [0.2, 0.25) is 5.91 Å². The Morgan fingerprint density at radius 2 is 1.76 bits per heavy atom. The summed E-state index contributed by atoms with van der Waals surface area (Å²) in [6, 6.07) is 8.95. The van der Waals surface area contributed by atoms with Crippen LogP contribution in [0.4, 0.5) is 13.2 Å². The molecule has 3 nitrogen and oxygen atoms in total. The lowest BCUT2D eigenvalue weighted by atomic mass is 9.95. The summed E-state index contributed by atoms with van der Waals surface area (Å²) in [6.07, 6.45) is 1.23. The summed E-state index contributed by atoms with van der Waals surface area (Å²) in [5.41, 5.74) is 2.84. The molecule has 1 aliphatic heterocycles. The third kappa shape index (κ3) is 4.92. The van der Waals surface area contributed by atoms with Crippen LogP contribution < -0.4 is 5.43 Å². The molecule has 29 heavy (non-hydrogen) atoms. The van der Waals surface area contributed by atoms with Gasteiger partial charge in [-0.25, -0.2) is 0 Å². The standard InChI is InChI=1S/C23H29F3N2O/c1-4-5-6-7-8-16-9-10-18-14-19(12-11-17(18)13-16)21(23(24,25)26)28-22(2,3)15-20(29)27-28/h9-14,21H,4-8,15H2,1-3H3,(H,27,29). The zero-order valence-corrected chi connectivity index (χ0v) is 17.3. The normalized spacial score (nSPS) is 18.2. The van der Waals surface area contributed by atoms with Gasteiger partial charge in [0, 0.05) is 12.0 Å². The van der Waals surface area contributed by atoms with Crippen LogP contribution in [0.15, 0.2) is 36.4 Å². The van der Waals surface area contributed by atoms with Crippen molar-refractivity contribution in [2.24, 2.45) is 0 Å². The molecule has 0 bridgehead atoms. The molecular formula is C23H29F3N2O. The van der Waals surface area contributed by atoms with E-state index in [0.717, 1.165) is 28.6 Å². The number of fused-ring (bicyclic) bond motifs is 1. The summed E-state index contributed by atoms with van der Waals surface area (Å²) >= 11 is 0. The van der Waals surface area contributed by atoms with E-state index in [9.17, 15) is 18.0 Å². The second kappa shape index (κ2) is 8.34. The van der Waals surface area contributed by atoms with E-state index in [1.54, 1.807) is 26.0 Å². The van der Waals surface area contributed by atoms with Crippen molar-refractivity contribution < 1.29 is 18.0 Å². The maximum absolute atomic E-state index is 14.0. The van der Waals surface area contributed by atoms with Crippen molar-refractivity contribution in [1.29, 1.82) is 0 Å². The third-order valence-electron chi connectivity index (χ3n) is 5.62. The Bertz CT molecular complexity index is 876. The number of carbonyl (C=O) groups is 1. The molecule has 1 unspecified atom stereocenters. The van der Waals surface area contributed by atoms with E-state index >= 15 is 0 Å². The number of benzene rings is 2. The van der Waals surface area contributed by atoms with Gasteiger partial charge in [-0.15, -0.1) is 0 Å². The van der Waals surface area contributed by atoms with Crippen molar-refractivity contribution in [1.82, 2.24) is 10.4 Å². The monoisotopic (exact) mass is 406 g/mol. The SMILES string of the molecule is CCCCCCc1ccc2cc(C(N3NC(=O)CC3(C)C)C(F)(F)F)ccc2c1. The van der Waals surface area contributed by atoms with Crippen molar-refractivity contribution in [3.63, 3.8) is 0 Å². The van der Waals surface area contributed by atoms with Gasteiger partial charge in [0.15, 0.2) is 6.04 Å². The van der Waals surface area contributed by atoms with Crippen LogP contribution >= 0.6 is 0 Å². The van der Waals surface area contributed by atoms with Gasteiger partial charge in [-0.05, 0) is 54.7 Å². The van der Waals surface area contributed by atoms with Gasteiger partial charge in [-0.3, -0.25) is 10.2 Å². The highest BCUT2D eigenvalue weighted by Gasteiger charge is 2.52. The van der Waals surface area contributed by atoms with E-state index in [-0.39, 0.29) is 12.0 Å². The molecule has 2 aromatic carbocycles. The third-order valence-corrected chi connectivity index (χ3v) is 5.62. The molecule has 0 saturated carbocycles. The number of nitrogens with one attached hydrogen (secondary N) is 1. The Balaban J connectivity index is 1.89. The molecule has 1 atom stereocenters. The number of aryl methyl sites for hydroxylation is 1. The summed E-state index contributed by atoms with van der Waals surface area (Å²) in [7, 11) is 0. The Labute approximate surface area is 170 Å². The fourth-order valence-electron chi connectivity index (χ4n) is 4.10. The molecule has 3 rings (SSSR count). The van der Waals surface area contributed by atoms with Gasteiger partial charge in [0.1, 0.15) is 0 Å². The van der Waals surface area contributed by atoms with Crippen LogP contribution in [-0.4, -0.2) is 22.6 Å². The summed E-state index contributed by atoms with van der Waals surface area (Å²) in [6.45, 7) is 5.47. The minimum absolute atomic E-state index is 0.0363. The first kappa shape index (κ1) is 21.6. The molecule has 0 spiro atoms. The van der Waals surface area contributed by atoms with E-state index in [4.69, 9.17) is 0 Å². The molecular weight excluding hydrogens is 377 g/mol. The van der Waals surface area contributed by atoms with Crippen LogP contribution in [0.25, 0.3) is 10.8 Å². The van der Waals surface area contributed by atoms with Crippen LogP contribution in [0.3, 0.4) is 0 Å². The van der Waals surface area contributed by atoms with Crippen molar-refractivity contribution in [2.75, 3.05) is 0 Å². The average molecular weight is 406 g/mol. The van der Waals surface area contributed by atoms with E-state index in [1.807, 2.05) is 12.1 Å². The van der Waals surface area contributed by atoms with Crippen LogP contribution in [0, 0.1) is 0 Å². The van der Waals surface area contributed by atoms with Crippen molar-refractivity contribution >= 4 is 16.7 Å². The van der Waals surface area contributed by atoms with Gasteiger partial charge >= 0.3 is 6.18 Å². The molecule has 1 amide bonds. The highest BCUT2D eigenvalue weighted by molar-refractivity contribution is 5.84. The predicted octanol–water partition coefficient (Wildman–Crippen LogP) is 6.08. The van der Waals surface area contributed by atoms with E-state index < -0.39 is 23.7 Å². The fourth-order valence-corrected chi connectivity index (χ4v) is 4.10. The molecule has 6 heteroatoms. The molecule has 1 aliphatic rings. The molecule has 0 aliphatic carbocycles. The highest BCUT2D eigenvalue weighted by atomic mass is 19.4. The molecule has 0 aromatic heterocycles. The van der Waals surface area contributed by atoms with Gasteiger partial charge in [-0.2, -0.15) is 18.2 Å². The zero-order chi connectivity index (χ0) is 21.2. The van der Waals surface area contributed by atoms with Crippen LogP contribution in [-0.2, 0) is 11.2 Å². The lowest BCUT2D eigenvalue weighted by molar-refractivity contribution is -0.203. The number of hydrogen-bond acceptors (Lipinski definition) is 2. The number of alkyl halides is 3. The van der Waals surface area contributed by atoms with E-state index in [0.29, 0.717) is 0 Å². The summed E-state index contributed by atoms with van der Waals surface area (Å²) in [5, 5.41) is 2.77. The Morgan fingerprint density at radius 1 is 1.07 bits per heavy atom. The number of unbranched alkanes of at least 4 members (excludes halogenated alkanes) is 3. The molecule has 2 aromatic rings. The number of carbonyl (C=O) groups excluding carboxylic acids is 1. The molecule has 1 heterocycles. The zero-order valence-electron chi connectivity index (χ0n) is 17.3. The lowest BCUT2D eigenvalue weighted by Crippen LogP contribution is -2.51. The summed E-state index contributed by atoms with van der Waals surface area (Å²) in [4.78, 5) is 11.8. The first-order valence-electron chi connectivity index (χ1n) is 10.3. The second-order valence-corrected chi connectivity index (χ2v) is 8.59. The fraction of sp³-hybridized carbons (Fsp3) is 0.522. The molecule has 0 radical (unpaired) electrons. The van der Waals surface area contributed by atoms with Crippen molar-refractivity contribution in [3.05, 3.63) is 47.5 Å². The Morgan fingerprint density at radius 3 is 2.38 bits per heavy atom. The highest BCUT2D eigenvalue weighted by Crippen LogP contribution is 2.43. The number of halogens is 3.